The van der Waals surface area contributed by atoms with Crippen molar-refractivity contribution in [3.05, 3.63) is 41.6 Å². The first-order chi connectivity index (χ1) is 12.2. The van der Waals surface area contributed by atoms with Crippen LogP contribution in [0.25, 0.3) is 0 Å². The third-order valence-electron chi connectivity index (χ3n) is 4.24. The molecular weight excluding hydrogens is 316 g/mol. The third kappa shape index (κ3) is 5.32. The lowest BCUT2D eigenvalue weighted by atomic mass is 10.1. The van der Waals surface area contributed by atoms with E-state index in [1.54, 1.807) is 7.11 Å². The molecule has 0 saturated carbocycles. The second kappa shape index (κ2) is 8.67. The van der Waals surface area contributed by atoms with Crippen LogP contribution < -0.4 is 15.4 Å². The molecule has 1 aliphatic rings. The van der Waals surface area contributed by atoms with Crippen molar-refractivity contribution in [3.63, 3.8) is 0 Å². The molecule has 2 aromatic rings. The van der Waals surface area contributed by atoms with E-state index in [2.05, 4.69) is 32.7 Å². The average molecular weight is 342 g/mol. The third-order valence-corrected chi connectivity index (χ3v) is 4.24. The van der Waals surface area contributed by atoms with Gasteiger partial charge in [0.25, 0.3) is 0 Å². The molecule has 3 rings (SSSR count). The molecule has 134 valence electrons. The van der Waals surface area contributed by atoms with Crippen LogP contribution in [-0.4, -0.2) is 42.9 Å². The molecule has 2 heterocycles. The first kappa shape index (κ1) is 17.5. The van der Waals surface area contributed by atoms with Gasteiger partial charge in [0, 0.05) is 31.5 Å². The van der Waals surface area contributed by atoms with E-state index in [0.29, 0.717) is 5.95 Å². The summed E-state index contributed by atoms with van der Waals surface area (Å²) in [6.45, 7) is 4.41. The standard InChI is InChI=1S/C19H26N4O2/c1-14-12-18(20-10-9-15-5-7-16(24-2)8-6-15)23-19(22-14)21-13-17-4-3-11-25-17/h5-8,12,17H,3-4,9-11,13H2,1-2H3,(H2,20,21,22,23). The number of nitrogens with zero attached hydrogens (tertiary/aromatic N) is 2. The Morgan fingerprint density at radius 3 is 2.76 bits per heavy atom. The number of rotatable bonds is 8. The lowest BCUT2D eigenvalue weighted by molar-refractivity contribution is 0.120. The average Bonchev–Trinajstić information content (AvgIpc) is 3.14. The minimum Gasteiger partial charge on any atom is -0.497 e. The number of anilines is 2. The zero-order valence-corrected chi connectivity index (χ0v) is 14.9. The van der Waals surface area contributed by atoms with Gasteiger partial charge < -0.3 is 20.1 Å². The fourth-order valence-corrected chi connectivity index (χ4v) is 2.88. The van der Waals surface area contributed by atoms with Crippen LogP contribution in [0.2, 0.25) is 0 Å². The molecule has 0 radical (unpaired) electrons. The van der Waals surface area contributed by atoms with E-state index < -0.39 is 0 Å². The van der Waals surface area contributed by atoms with E-state index in [9.17, 15) is 0 Å². The number of methoxy groups -OCH3 is 1. The van der Waals surface area contributed by atoms with Crippen LogP contribution in [0, 0.1) is 6.92 Å². The molecule has 2 N–H and O–H groups in total. The highest BCUT2D eigenvalue weighted by Crippen LogP contribution is 2.15. The van der Waals surface area contributed by atoms with Crippen LogP contribution in [0.1, 0.15) is 24.1 Å². The van der Waals surface area contributed by atoms with E-state index in [1.807, 2.05) is 25.1 Å². The van der Waals surface area contributed by atoms with Gasteiger partial charge in [-0.2, -0.15) is 4.98 Å². The van der Waals surface area contributed by atoms with Crippen molar-refractivity contribution < 1.29 is 9.47 Å². The van der Waals surface area contributed by atoms with Gasteiger partial charge >= 0.3 is 0 Å². The fraction of sp³-hybridized carbons (Fsp3) is 0.474. The Kier molecular flexibility index (Phi) is 6.06. The summed E-state index contributed by atoms with van der Waals surface area (Å²) in [4.78, 5) is 8.99. The van der Waals surface area contributed by atoms with Crippen molar-refractivity contribution in [1.82, 2.24) is 9.97 Å². The summed E-state index contributed by atoms with van der Waals surface area (Å²) in [7, 11) is 1.68. The Hall–Kier alpha value is -2.34. The van der Waals surface area contributed by atoms with E-state index in [-0.39, 0.29) is 6.10 Å². The molecule has 6 nitrogen and oxygen atoms in total. The number of ether oxygens (including phenoxy) is 2. The van der Waals surface area contributed by atoms with Crippen LogP contribution in [0.3, 0.4) is 0 Å². The molecule has 0 bridgehead atoms. The zero-order valence-electron chi connectivity index (χ0n) is 14.9. The Morgan fingerprint density at radius 2 is 2.04 bits per heavy atom. The first-order valence-electron chi connectivity index (χ1n) is 8.81. The number of hydrogen-bond acceptors (Lipinski definition) is 6. The predicted molar refractivity (Wildman–Crippen MR) is 99.4 cm³/mol. The molecule has 1 saturated heterocycles. The highest BCUT2D eigenvalue weighted by Gasteiger charge is 2.15. The maximum absolute atomic E-state index is 5.62. The van der Waals surface area contributed by atoms with Gasteiger partial charge in [-0.15, -0.1) is 0 Å². The topological polar surface area (TPSA) is 68.3 Å². The van der Waals surface area contributed by atoms with Gasteiger partial charge in [0.1, 0.15) is 11.6 Å². The van der Waals surface area contributed by atoms with Gasteiger partial charge in [-0.1, -0.05) is 12.1 Å². The van der Waals surface area contributed by atoms with Crippen molar-refractivity contribution in [3.8, 4) is 5.75 Å². The molecule has 0 aliphatic carbocycles. The fourth-order valence-electron chi connectivity index (χ4n) is 2.88. The summed E-state index contributed by atoms with van der Waals surface area (Å²) in [5.74, 6) is 2.38. The Morgan fingerprint density at radius 1 is 1.20 bits per heavy atom. The van der Waals surface area contributed by atoms with Crippen LogP contribution in [0.5, 0.6) is 5.75 Å². The lowest BCUT2D eigenvalue weighted by Gasteiger charge is -2.13. The molecule has 25 heavy (non-hydrogen) atoms. The number of nitrogens with one attached hydrogen (secondary N) is 2. The molecule has 0 spiro atoms. The summed E-state index contributed by atoms with van der Waals surface area (Å²) >= 11 is 0. The van der Waals surface area contributed by atoms with Crippen molar-refractivity contribution in [2.75, 3.05) is 37.4 Å². The maximum atomic E-state index is 5.62. The molecule has 1 unspecified atom stereocenters. The summed E-state index contributed by atoms with van der Waals surface area (Å²) in [5.41, 5.74) is 2.20. The summed E-state index contributed by atoms with van der Waals surface area (Å²) < 4.78 is 10.8. The van der Waals surface area contributed by atoms with Gasteiger partial charge in [0.2, 0.25) is 5.95 Å². The zero-order chi connectivity index (χ0) is 17.5. The van der Waals surface area contributed by atoms with E-state index in [1.165, 1.54) is 5.56 Å². The van der Waals surface area contributed by atoms with E-state index >= 15 is 0 Å². The van der Waals surface area contributed by atoms with Gasteiger partial charge in [-0.05, 0) is 43.9 Å². The highest BCUT2D eigenvalue weighted by molar-refractivity contribution is 5.42. The number of benzene rings is 1. The Labute approximate surface area is 149 Å². The summed E-state index contributed by atoms with van der Waals surface area (Å²) in [6.07, 6.45) is 3.44. The molecule has 1 aliphatic heterocycles. The molecule has 0 amide bonds. The van der Waals surface area contributed by atoms with E-state index in [4.69, 9.17) is 9.47 Å². The minimum atomic E-state index is 0.274. The molecule has 1 aromatic heterocycles. The molecule has 6 heteroatoms. The SMILES string of the molecule is COc1ccc(CCNc2cc(C)nc(NCC3CCCO3)n2)cc1. The number of aryl methyl sites for hydroxylation is 1. The van der Waals surface area contributed by atoms with Crippen LogP contribution in [0.4, 0.5) is 11.8 Å². The maximum Gasteiger partial charge on any atom is 0.224 e. The van der Waals surface area contributed by atoms with Gasteiger partial charge in [-0.25, -0.2) is 4.98 Å². The quantitative estimate of drug-likeness (QED) is 0.768. The van der Waals surface area contributed by atoms with Gasteiger partial charge in [-0.3, -0.25) is 0 Å². The van der Waals surface area contributed by atoms with Crippen LogP contribution in [-0.2, 0) is 11.2 Å². The molecule has 1 aromatic carbocycles. The van der Waals surface area contributed by atoms with Crippen LogP contribution in [0.15, 0.2) is 30.3 Å². The second-order valence-electron chi connectivity index (χ2n) is 6.26. The van der Waals surface area contributed by atoms with Gasteiger partial charge in [0.05, 0.1) is 13.2 Å². The lowest BCUT2D eigenvalue weighted by Crippen LogP contribution is -2.20. The van der Waals surface area contributed by atoms with Crippen LogP contribution >= 0.6 is 0 Å². The molecule has 1 fully saturated rings. The van der Waals surface area contributed by atoms with Crippen molar-refractivity contribution >= 4 is 11.8 Å². The molecular formula is C19H26N4O2. The number of aromatic nitrogens is 2. The normalized spacial score (nSPS) is 16.6. The van der Waals surface area contributed by atoms with Gasteiger partial charge in [0.15, 0.2) is 0 Å². The number of hydrogen-bond donors (Lipinski definition) is 2. The van der Waals surface area contributed by atoms with Crippen molar-refractivity contribution in [1.29, 1.82) is 0 Å². The van der Waals surface area contributed by atoms with E-state index in [0.717, 1.165) is 56.2 Å². The smallest absolute Gasteiger partial charge is 0.224 e. The second-order valence-corrected chi connectivity index (χ2v) is 6.26. The first-order valence-corrected chi connectivity index (χ1v) is 8.81. The monoisotopic (exact) mass is 342 g/mol. The Balaban J connectivity index is 1.50. The van der Waals surface area contributed by atoms with Crippen molar-refractivity contribution in [2.24, 2.45) is 0 Å². The van der Waals surface area contributed by atoms with Crippen molar-refractivity contribution in [2.45, 2.75) is 32.3 Å². The summed E-state index contributed by atoms with van der Waals surface area (Å²) in [6, 6.07) is 10.1. The highest BCUT2D eigenvalue weighted by atomic mass is 16.5. The predicted octanol–water partition coefficient (Wildman–Crippen LogP) is 3.04. The minimum absolute atomic E-state index is 0.274. The largest absolute Gasteiger partial charge is 0.497 e. The Bertz CT molecular complexity index is 670. The molecule has 1 atom stereocenters. The summed E-state index contributed by atoms with van der Waals surface area (Å²) in [5, 5.41) is 6.66.